The number of thiazole rings is 1. The summed E-state index contributed by atoms with van der Waals surface area (Å²) in [5.74, 6) is 0.417. The fourth-order valence-corrected chi connectivity index (χ4v) is 4.39. The lowest BCUT2D eigenvalue weighted by Crippen LogP contribution is -2.38. The molecule has 0 bridgehead atoms. The molecule has 1 aliphatic carbocycles. The Morgan fingerprint density at radius 1 is 1.32 bits per heavy atom. The van der Waals surface area contributed by atoms with Gasteiger partial charge in [-0.3, -0.25) is 4.99 Å². The van der Waals surface area contributed by atoms with E-state index in [4.69, 9.17) is 4.98 Å². The van der Waals surface area contributed by atoms with Crippen LogP contribution in [0.3, 0.4) is 0 Å². The van der Waals surface area contributed by atoms with Gasteiger partial charge >= 0.3 is 0 Å². The highest BCUT2D eigenvalue weighted by Gasteiger charge is 2.17. The van der Waals surface area contributed by atoms with E-state index in [1.807, 2.05) is 18.9 Å². The molecule has 8 heteroatoms. The summed E-state index contributed by atoms with van der Waals surface area (Å²) < 4.78 is 13.0. The first-order valence-electron chi connectivity index (χ1n) is 9.47. The van der Waals surface area contributed by atoms with Gasteiger partial charge in [0.25, 0.3) is 0 Å². The molecule has 5 nitrogen and oxygen atoms in total. The number of aliphatic hydroxyl groups excluding tert-OH is 1. The van der Waals surface area contributed by atoms with Crippen LogP contribution in [-0.2, 0) is 19.4 Å². The molecule has 3 rings (SSSR count). The van der Waals surface area contributed by atoms with E-state index < -0.39 is 6.10 Å². The molecule has 0 aliphatic heterocycles. The SMILES string of the molecule is CCNC(=NCC(O)c1ccc(F)cc1)N(C)Cc1nc2c(s1)CCCC2.I. The van der Waals surface area contributed by atoms with E-state index in [-0.39, 0.29) is 36.3 Å². The highest BCUT2D eigenvalue weighted by Crippen LogP contribution is 2.27. The molecule has 0 saturated heterocycles. The molecule has 1 aliphatic rings. The Hall–Kier alpha value is -1.26. The summed E-state index contributed by atoms with van der Waals surface area (Å²) in [5.41, 5.74) is 1.93. The van der Waals surface area contributed by atoms with Crippen molar-refractivity contribution >= 4 is 41.3 Å². The normalized spacial score (nSPS) is 14.8. The highest BCUT2D eigenvalue weighted by atomic mass is 127. The van der Waals surface area contributed by atoms with Gasteiger partial charge in [0.2, 0.25) is 0 Å². The van der Waals surface area contributed by atoms with E-state index in [1.54, 1.807) is 23.5 Å². The molecule has 1 aromatic heterocycles. The van der Waals surface area contributed by atoms with E-state index in [2.05, 4.69) is 10.3 Å². The van der Waals surface area contributed by atoms with Crippen molar-refractivity contribution in [1.82, 2.24) is 15.2 Å². The fourth-order valence-electron chi connectivity index (χ4n) is 3.18. The molecule has 0 fully saturated rings. The molecule has 1 atom stereocenters. The molecule has 2 N–H and O–H groups in total. The maximum atomic E-state index is 13.0. The van der Waals surface area contributed by atoms with Crippen LogP contribution in [0.2, 0.25) is 0 Å². The fraction of sp³-hybridized carbons (Fsp3) is 0.500. The maximum Gasteiger partial charge on any atom is 0.194 e. The Kier molecular flexibility index (Phi) is 9.10. The van der Waals surface area contributed by atoms with Gasteiger partial charge in [0.1, 0.15) is 10.8 Å². The van der Waals surface area contributed by atoms with Gasteiger partial charge in [-0.2, -0.15) is 0 Å². The van der Waals surface area contributed by atoms with E-state index >= 15 is 0 Å². The number of nitrogens with zero attached hydrogens (tertiary/aromatic N) is 3. The molecule has 0 saturated carbocycles. The molecular weight excluding hydrogens is 490 g/mol. The summed E-state index contributed by atoms with van der Waals surface area (Å²) >= 11 is 1.80. The molecular formula is C20H28FIN4OS. The van der Waals surface area contributed by atoms with Crippen LogP contribution in [0.1, 0.15) is 47.0 Å². The second-order valence-corrected chi connectivity index (χ2v) is 7.97. The third-order valence-electron chi connectivity index (χ3n) is 4.63. The average molecular weight is 518 g/mol. The maximum absolute atomic E-state index is 13.0. The third-order valence-corrected chi connectivity index (χ3v) is 5.77. The number of rotatable bonds is 6. The Bertz CT molecular complexity index is 758. The van der Waals surface area contributed by atoms with Gasteiger partial charge in [-0.15, -0.1) is 35.3 Å². The number of aliphatic imine (C=N–C) groups is 1. The van der Waals surface area contributed by atoms with Crippen molar-refractivity contribution in [2.24, 2.45) is 4.99 Å². The molecule has 1 unspecified atom stereocenters. The third kappa shape index (κ3) is 6.12. The molecule has 1 aromatic carbocycles. The summed E-state index contributed by atoms with van der Waals surface area (Å²) in [6.07, 6.45) is 3.97. The first-order valence-corrected chi connectivity index (χ1v) is 10.3. The summed E-state index contributed by atoms with van der Waals surface area (Å²) in [4.78, 5) is 12.8. The van der Waals surface area contributed by atoms with Gasteiger partial charge in [-0.1, -0.05) is 12.1 Å². The highest BCUT2D eigenvalue weighted by molar-refractivity contribution is 14.0. The van der Waals surface area contributed by atoms with Crippen molar-refractivity contribution in [1.29, 1.82) is 0 Å². The van der Waals surface area contributed by atoms with Crippen LogP contribution in [0.5, 0.6) is 0 Å². The van der Waals surface area contributed by atoms with Crippen molar-refractivity contribution < 1.29 is 9.50 Å². The Morgan fingerprint density at radius 2 is 2.04 bits per heavy atom. The van der Waals surface area contributed by atoms with Crippen molar-refractivity contribution in [2.75, 3.05) is 20.1 Å². The number of hydrogen-bond donors (Lipinski definition) is 2. The zero-order valence-electron chi connectivity index (χ0n) is 16.3. The van der Waals surface area contributed by atoms with Crippen molar-refractivity contribution in [3.8, 4) is 0 Å². The predicted molar refractivity (Wildman–Crippen MR) is 123 cm³/mol. The monoisotopic (exact) mass is 518 g/mol. The standard InChI is InChI=1S/C20H27FN4OS.HI/c1-3-22-20(23-12-17(26)14-8-10-15(21)11-9-14)25(2)13-19-24-16-6-4-5-7-18(16)27-19;/h8-11,17,26H,3-7,12-13H2,1-2H3,(H,22,23);1H. The number of hydrogen-bond acceptors (Lipinski definition) is 4. The lowest BCUT2D eigenvalue weighted by molar-refractivity contribution is 0.186. The smallest absolute Gasteiger partial charge is 0.194 e. The van der Waals surface area contributed by atoms with E-state index in [9.17, 15) is 9.50 Å². The number of guanidine groups is 1. The van der Waals surface area contributed by atoms with Gasteiger partial charge < -0.3 is 15.3 Å². The predicted octanol–water partition coefficient (Wildman–Crippen LogP) is 3.91. The Labute approximate surface area is 187 Å². The summed E-state index contributed by atoms with van der Waals surface area (Å²) in [7, 11) is 1.98. The van der Waals surface area contributed by atoms with Crippen LogP contribution in [0.4, 0.5) is 4.39 Å². The minimum atomic E-state index is -0.764. The number of fused-ring (bicyclic) bond motifs is 1. The van der Waals surface area contributed by atoms with E-state index in [1.165, 1.54) is 35.5 Å². The number of aliphatic hydroxyl groups is 1. The lowest BCUT2D eigenvalue weighted by Gasteiger charge is -2.21. The minimum Gasteiger partial charge on any atom is -0.386 e. The number of benzene rings is 1. The molecule has 0 radical (unpaired) electrons. The quantitative estimate of drug-likeness (QED) is 0.346. The largest absolute Gasteiger partial charge is 0.386 e. The number of nitrogens with one attached hydrogen (secondary N) is 1. The van der Waals surface area contributed by atoms with Gasteiger partial charge in [-0.05, 0) is 50.3 Å². The van der Waals surface area contributed by atoms with Crippen LogP contribution in [0.25, 0.3) is 0 Å². The second kappa shape index (κ2) is 11.1. The molecule has 0 spiro atoms. The van der Waals surface area contributed by atoms with Gasteiger partial charge in [0.05, 0.1) is 24.9 Å². The van der Waals surface area contributed by atoms with Crippen LogP contribution in [0, 0.1) is 5.82 Å². The number of aryl methyl sites for hydroxylation is 2. The van der Waals surface area contributed by atoms with Gasteiger partial charge in [-0.25, -0.2) is 9.37 Å². The summed E-state index contributed by atoms with van der Waals surface area (Å²) in [5, 5.41) is 14.7. The first kappa shape index (κ1) is 23.0. The van der Waals surface area contributed by atoms with Crippen molar-refractivity contribution in [3.63, 3.8) is 0 Å². The van der Waals surface area contributed by atoms with Crippen LogP contribution >= 0.6 is 35.3 Å². The molecule has 0 amide bonds. The summed E-state index contributed by atoms with van der Waals surface area (Å²) in [6, 6.07) is 5.88. The number of aromatic nitrogens is 1. The number of halogens is 2. The molecule has 28 heavy (non-hydrogen) atoms. The van der Waals surface area contributed by atoms with Crippen molar-refractivity contribution in [3.05, 3.63) is 51.2 Å². The van der Waals surface area contributed by atoms with Crippen LogP contribution in [0.15, 0.2) is 29.3 Å². The molecule has 154 valence electrons. The van der Waals surface area contributed by atoms with Crippen LogP contribution < -0.4 is 5.32 Å². The van der Waals surface area contributed by atoms with E-state index in [0.717, 1.165) is 30.4 Å². The average Bonchev–Trinajstić information content (AvgIpc) is 3.07. The first-order chi connectivity index (χ1) is 13.1. The van der Waals surface area contributed by atoms with Crippen LogP contribution in [-0.4, -0.2) is 41.1 Å². The van der Waals surface area contributed by atoms with Gasteiger partial charge in [0.15, 0.2) is 5.96 Å². The van der Waals surface area contributed by atoms with Gasteiger partial charge in [0, 0.05) is 18.5 Å². The van der Waals surface area contributed by atoms with E-state index in [0.29, 0.717) is 12.1 Å². The Morgan fingerprint density at radius 3 is 2.71 bits per heavy atom. The zero-order chi connectivity index (χ0) is 19.2. The zero-order valence-corrected chi connectivity index (χ0v) is 19.5. The van der Waals surface area contributed by atoms with Crippen molar-refractivity contribution in [2.45, 2.75) is 45.3 Å². The summed E-state index contributed by atoms with van der Waals surface area (Å²) in [6.45, 7) is 3.66. The molecule has 1 heterocycles. The lowest BCUT2D eigenvalue weighted by atomic mass is 10.0. The molecule has 2 aromatic rings. The minimum absolute atomic E-state index is 0. The second-order valence-electron chi connectivity index (χ2n) is 6.80. The Balaban J connectivity index is 0.00000280. The topological polar surface area (TPSA) is 60.8 Å².